The largest absolute Gasteiger partial charge is 0.507 e. The number of ether oxygens (including phenoxy) is 2. The molecule has 0 unspecified atom stereocenters. The van der Waals surface area contributed by atoms with Gasteiger partial charge in [0.05, 0.1) is 13.7 Å². The predicted molar refractivity (Wildman–Crippen MR) is 82.7 cm³/mol. The van der Waals surface area contributed by atoms with Crippen LogP contribution in [0.5, 0.6) is 5.75 Å². The van der Waals surface area contributed by atoms with Crippen molar-refractivity contribution in [2.24, 2.45) is 0 Å². The molecular formula is C17H16O5. The van der Waals surface area contributed by atoms with Crippen molar-refractivity contribution in [3.05, 3.63) is 48.0 Å². The molecule has 0 spiro atoms. The predicted octanol–water partition coefficient (Wildman–Crippen LogP) is 2.88. The topological polar surface area (TPSA) is 72.8 Å². The molecule has 0 heterocycles. The van der Waals surface area contributed by atoms with Crippen LogP contribution in [0, 0.1) is 0 Å². The molecule has 5 heteroatoms. The molecule has 5 nitrogen and oxygen atoms in total. The van der Waals surface area contributed by atoms with Gasteiger partial charge in [0.15, 0.2) is 0 Å². The molecule has 1 N–H and O–H groups in total. The van der Waals surface area contributed by atoms with Crippen molar-refractivity contribution in [2.45, 2.75) is 6.92 Å². The number of fused-ring (bicyclic) bond motifs is 1. The van der Waals surface area contributed by atoms with E-state index in [1.54, 1.807) is 18.2 Å². The molecule has 2 aromatic carbocycles. The monoisotopic (exact) mass is 300 g/mol. The van der Waals surface area contributed by atoms with E-state index in [9.17, 15) is 14.7 Å². The number of rotatable bonds is 5. The highest BCUT2D eigenvalue weighted by molar-refractivity contribution is 6.39. The number of carbonyl (C=O) groups is 2. The van der Waals surface area contributed by atoms with Gasteiger partial charge in [0.25, 0.3) is 5.78 Å². The van der Waals surface area contributed by atoms with Crippen LogP contribution in [0.15, 0.2) is 42.5 Å². The summed E-state index contributed by atoms with van der Waals surface area (Å²) in [6.07, 6.45) is 0.855. The minimum atomic E-state index is -1.03. The second-order valence-corrected chi connectivity index (χ2v) is 4.48. The Morgan fingerprint density at radius 1 is 1.14 bits per heavy atom. The van der Waals surface area contributed by atoms with Crippen LogP contribution in [0.25, 0.3) is 16.5 Å². The summed E-state index contributed by atoms with van der Waals surface area (Å²) in [7, 11) is 1.11. The average Bonchev–Trinajstić information content (AvgIpc) is 2.54. The van der Waals surface area contributed by atoms with Gasteiger partial charge in [0.1, 0.15) is 11.5 Å². The summed E-state index contributed by atoms with van der Waals surface area (Å²) in [6.45, 7) is 2.40. The first-order valence-electron chi connectivity index (χ1n) is 6.76. The third kappa shape index (κ3) is 3.09. The lowest BCUT2D eigenvalue weighted by Gasteiger charge is -2.11. The van der Waals surface area contributed by atoms with Gasteiger partial charge in [0.2, 0.25) is 0 Å². The van der Waals surface area contributed by atoms with Crippen LogP contribution in [0.1, 0.15) is 12.5 Å². The van der Waals surface area contributed by atoms with Gasteiger partial charge in [-0.1, -0.05) is 24.3 Å². The van der Waals surface area contributed by atoms with Crippen LogP contribution in [-0.4, -0.2) is 30.6 Å². The molecule has 0 bridgehead atoms. The van der Waals surface area contributed by atoms with E-state index in [-0.39, 0.29) is 5.76 Å². The van der Waals surface area contributed by atoms with Crippen molar-refractivity contribution in [2.75, 3.05) is 13.7 Å². The van der Waals surface area contributed by atoms with E-state index in [2.05, 4.69) is 4.74 Å². The molecule has 114 valence electrons. The summed E-state index contributed by atoms with van der Waals surface area (Å²) >= 11 is 0. The number of methoxy groups -OCH3 is 1. The smallest absolute Gasteiger partial charge is 0.378 e. The molecule has 0 fully saturated rings. The molecule has 0 aliphatic carbocycles. The summed E-state index contributed by atoms with van der Waals surface area (Å²) in [5.74, 6) is -1.55. The maximum atomic E-state index is 11.5. The minimum Gasteiger partial charge on any atom is -0.507 e. The van der Waals surface area contributed by atoms with Crippen LogP contribution in [-0.2, 0) is 14.3 Å². The number of esters is 1. The van der Waals surface area contributed by atoms with Crippen molar-refractivity contribution in [3.8, 4) is 5.75 Å². The molecule has 2 rings (SSSR count). The molecule has 0 radical (unpaired) electrons. The molecule has 22 heavy (non-hydrogen) atoms. The van der Waals surface area contributed by atoms with E-state index >= 15 is 0 Å². The summed E-state index contributed by atoms with van der Waals surface area (Å²) in [5.41, 5.74) is 0.441. The van der Waals surface area contributed by atoms with Crippen molar-refractivity contribution in [1.29, 1.82) is 0 Å². The Kier molecular flexibility index (Phi) is 4.78. The summed E-state index contributed by atoms with van der Waals surface area (Å²) < 4.78 is 9.87. The summed E-state index contributed by atoms with van der Waals surface area (Å²) in [4.78, 5) is 22.7. The van der Waals surface area contributed by atoms with Crippen molar-refractivity contribution in [3.63, 3.8) is 0 Å². The number of hydrogen-bond acceptors (Lipinski definition) is 5. The molecule has 0 saturated heterocycles. The summed E-state index contributed by atoms with van der Waals surface area (Å²) in [5, 5.41) is 11.7. The zero-order valence-electron chi connectivity index (χ0n) is 12.3. The lowest BCUT2D eigenvalue weighted by molar-refractivity contribution is -0.149. The van der Waals surface area contributed by atoms with Gasteiger partial charge >= 0.3 is 5.97 Å². The van der Waals surface area contributed by atoms with Gasteiger partial charge in [0, 0.05) is 17.0 Å². The first-order chi connectivity index (χ1) is 10.6. The van der Waals surface area contributed by atoms with Gasteiger partial charge in [-0.25, -0.2) is 4.79 Å². The molecule has 0 aliphatic rings. The van der Waals surface area contributed by atoms with Crippen molar-refractivity contribution < 1.29 is 24.2 Å². The highest BCUT2D eigenvalue weighted by atomic mass is 16.5. The van der Waals surface area contributed by atoms with E-state index < -0.39 is 11.8 Å². The van der Waals surface area contributed by atoms with Crippen LogP contribution in [0.3, 0.4) is 0 Å². The molecule has 0 aliphatic heterocycles. The number of aliphatic hydroxyl groups is 1. The number of ketones is 1. The van der Waals surface area contributed by atoms with Crippen LogP contribution >= 0.6 is 0 Å². The molecular weight excluding hydrogens is 284 g/mol. The van der Waals surface area contributed by atoms with Gasteiger partial charge in [-0.2, -0.15) is 0 Å². The zero-order valence-corrected chi connectivity index (χ0v) is 12.3. The third-order valence-corrected chi connectivity index (χ3v) is 3.11. The first-order valence-corrected chi connectivity index (χ1v) is 6.76. The lowest BCUT2D eigenvalue weighted by atomic mass is 10.0. The molecule has 0 amide bonds. The van der Waals surface area contributed by atoms with Gasteiger partial charge < -0.3 is 14.6 Å². The Morgan fingerprint density at radius 2 is 1.82 bits per heavy atom. The third-order valence-electron chi connectivity index (χ3n) is 3.11. The van der Waals surface area contributed by atoms with E-state index in [0.29, 0.717) is 17.9 Å². The normalized spacial score (nSPS) is 11.3. The van der Waals surface area contributed by atoms with Crippen molar-refractivity contribution >= 4 is 28.3 Å². The van der Waals surface area contributed by atoms with E-state index in [0.717, 1.165) is 24.0 Å². The number of carbonyl (C=O) groups excluding carboxylic acids is 2. The fraction of sp³-hybridized carbons (Fsp3) is 0.176. The van der Waals surface area contributed by atoms with Crippen LogP contribution in [0.2, 0.25) is 0 Å². The van der Waals surface area contributed by atoms with Gasteiger partial charge in [-0.15, -0.1) is 0 Å². The Hall–Kier alpha value is -2.82. The number of aliphatic hydroxyl groups excluding tert-OH is 1. The second kappa shape index (κ2) is 6.76. The second-order valence-electron chi connectivity index (χ2n) is 4.48. The van der Waals surface area contributed by atoms with E-state index in [1.807, 2.05) is 25.1 Å². The maximum absolute atomic E-state index is 11.5. The van der Waals surface area contributed by atoms with Crippen LogP contribution in [0.4, 0.5) is 0 Å². The van der Waals surface area contributed by atoms with Gasteiger partial charge in [-0.05, 0) is 24.4 Å². The van der Waals surface area contributed by atoms with Crippen molar-refractivity contribution in [1.82, 2.24) is 0 Å². The number of hydrogen-bond donors (Lipinski definition) is 1. The quantitative estimate of drug-likeness (QED) is 0.398. The Morgan fingerprint density at radius 3 is 2.45 bits per heavy atom. The lowest BCUT2D eigenvalue weighted by Crippen LogP contribution is -2.13. The zero-order chi connectivity index (χ0) is 16.1. The Bertz CT molecular complexity index is 746. The SMILES string of the molecule is CCOc1ccc(/C(O)=C/C(=O)C(=O)OC)c2ccccc12. The Labute approximate surface area is 127 Å². The fourth-order valence-electron chi connectivity index (χ4n) is 2.14. The minimum absolute atomic E-state index is 0.297. The molecule has 2 aromatic rings. The molecule has 0 aromatic heterocycles. The van der Waals surface area contributed by atoms with Crippen LogP contribution < -0.4 is 4.74 Å². The maximum Gasteiger partial charge on any atom is 0.378 e. The van der Waals surface area contributed by atoms with E-state index in [4.69, 9.17) is 4.74 Å². The first kappa shape index (κ1) is 15.6. The Balaban J connectivity index is 2.52. The summed E-state index contributed by atoms with van der Waals surface area (Å²) in [6, 6.07) is 10.7. The average molecular weight is 300 g/mol. The fourth-order valence-corrected chi connectivity index (χ4v) is 2.14. The number of benzene rings is 2. The van der Waals surface area contributed by atoms with Gasteiger partial charge in [-0.3, -0.25) is 4.79 Å². The van der Waals surface area contributed by atoms with E-state index in [1.165, 1.54) is 0 Å². The highest BCUT2D eigenvalue weighted by Crippen LogP contribution is 2.31. The molecule has 0 atom stereocenters. The molecule has 0 saturated carbocycles. The highest BCUT2D eigenvalue weighted by Gasteiger charge is 2.15. The standard InChI is InChI=1S/C17H16O5/c1-3-22-16-9-8-12(11-6-4-5-7-13(11)16)14(18)10-15(19)17(20)21-2/h4-10,18H,3H2,1-2H3/b14-10-.